The largest absolute Gasteiger partial charge is 0.396 e. The number of carbonyl (C=O) groups excluding carboxylic acids is 1. The lowest BCUT2D eigenvalue weighted by Crippen LogP contribution is -2.43. The van der Waals surface area contributed by atoms with Gasteiger partial charge in [-0.3, -0.25) is 4.79 Å². The molecule has 4 heteroatoms. The number of rotatable bonds is 3. The van der Waals surface area contributed by atoms with Gasteiger partial charge in [-0.15, -0.1) is 0 Å². The molecule has 2 heterocycles. The molecule has 1 aromatic rings. The first-order chi connectivity index (χ1) is 9.79. The van der Waals surface area contributed by atoms with Crippen LogP contribution in [0.5, 0.6) is 0 Å². The number of nitrogens with one attached hydrogen (secondary N) is 1. The van der Waals surface area contributed by atoms with E-state index in [2.05, 4.69) is 17.4 Å². The van der Waals surface area contributed by atoms with Gasteiger partial charge < -0.3 is 15.3 Å². The highest BCUT2D eigenvalue weighted by atomic mass is 16.3. The third-order valence-corrected chi connectivity index (χ3v) is 4.49. The van der Waals surface area contributed by atoms with Crippen LogP contribution in [0, 0.1) is 5.92 Å². The maximum atomic E-state index is 12.7. The third kappa shape index (κ3) is 2.58. The highest BCUT2D eigenvalue weighted by Gasteiger charge is 2.33. The zero-order chi connectivity index (χ0) is 13.9. The Balaban J connectivity index is 1.73. The van der Waals surface area contributed by atoms with Crippen LogP contribution in [0.15, 0.2) is 24.3 Å². The van der Waals surface area contributed by atoms with Crippen LogP contribution in [0.25, 0.3) is 0 Å². The molecule has 0 aliphatic carbocycles. The summed E-state index contributed by atoms with van der Waals surface area (Å²) in [5, 5.41) is 12.4. The third-order valence-electron chi connectivity index (χ3n) is 4.49. The molecule has 3 rings (SSSR count). The van der Waals surface area contributed by atoms with Gasteiger partial charge >= 0.3 is 0 Å². The maximum Gasteiger partial charge on any atom is 0.244 e. The topological polar surface area (TPSA) is 52.6 Å². The summed E-state index contributed by atoms with van der Waals surface area (Å²) in [7, 11) is 0. The first-order valence-electron chi connectivity index (χ1n) is 7.50. The van der Waals surface area contributed by atoms with E-state index in [-0.39, 0.29) is 18.6 Å². The molecule has 1 saturated heterocycles. The summed E-state index contributed by atoms with van der Waals surface area (Å²) < 4.78 is 0. The molecular formula is C16H22N2O2. The van der Waals surface area contributed by atoms with E-state index in [0.29, 0.717) is 5.92 Å². The highest BCUT2D eigenvalue weighted by Crippen LogP contribution is 2.27. The Bertz CT molecular complexity index is 489. The Morgan fingerprint density at radius 1 is 1.40 bits per heavy atom. The normalized spacial score (nSPS) is 25.6. The predicted octanol–water partition coefficient (Wildman–Crippen LogP) is 1.10. The standard InChI is InChI=1S/C16H22N2O2/c19-10-7-12-6-9-18(11-12)16(20)15-14-4-2-1-3-13(14)5-8-17-15/h1-4,12,15,17,19H,5-11H2. The second kappa shape index (κ2) is 5.94. The molecule has 1 aromatic carbocycles. The van der Waals surface area contributed by atoms with Gasteiger partial charge in [0.2, 0.25) is 5.91 Å². The summed E-state index contributed by atoms with van der Waals surface area (Å²) in [6.07, 6.45) is 2.81. The lowest BCUT2D eigenvalue weighted by molar-refractivity contribution is -0.132. The molecule has 2 aliphatic rings. The molecule has 0 aromatic heterocycles. The Labute approximate surface area is 119 Å². The quantitative estimate of drug-likeness (QED) is 0.868. The molecule has 1 fully saturated rings. The number of benzene rings is 1. The second-order valence-corrected chi connectivity index (χ2v) is 5.79. The van der Waals surface area contributed by atoms with Gasteiger partial charge in [0.1, 0.15) is 6.04 Å². The van der Waals surface area contributed by atoms with Crippen molar-refractivity contribution in [3.05, 3.63) is 35.4 Å². The fraction of sp³-hybridized carbons (Fsp3) is 0.562. The van der Waals surface area contributed by atoms with Crippen molar-refractivity contribution in [2.75, 3.05) is 26.2 Å². The van der Waals surface area contributed by atoms with Crippen LogP contribution in [0.1, 0.15) is 30.0 Å². The molecule has 2 atom stereocenters. The lowest BCUT2D eigenvalue weighted by atomic mass is 9.93. The van der Waals surface area contributed by atoms with Crippen molar-refractivity contribution in [3.63, 3.8) is 0 Å². The van der Waals surface area contributed by atoms with Crippen molar-refractivity contribution < 1.29 is 9.90 Å². The van der Waals surface area contributed by atoms with Crippen LogP contribution in [0.3, 0.4) is 0 Å². The minimum atomic E-state index is -0.187. The van der Waals surface area contributed by atoms with Crippen molar-refractivity contribution in [1.29, 1.82) is 0 Å². The summed E-state index contributed by atoms with van der Waals surface area (Å²) in [5.74, 6) is 0.653. The molecular weight excluding hydrogens is 252 g/mol. The van der Waals surface area contributed by atoms with E-state index in [1.807, 2.05) is 17.0 Å². The van der Waals surface area contributed by atoms with Crippen LogP contribution >= 0.6 is 0 Å². The van der Waals surface area contributed by atoms with Crippen LogP contribution < -0.4 is 5.32 Å². The van der Waals surface area contributed by atoms with Crippen molar-refractivity contribution in [3.8, 4) is 0 Å². The Kier molecular flexibility index (Phi) is 4.03. The van der Waals surface area contributed by atoms with Crippen molar-refractivity contribution in [2.24, 2.45) is 5.92 Å². The van der Waals surface area contributed by atoms with Crippen LogP contribution in [0.4, 0.5) is 0 Å². The fourth-order valence-corrected chi connectivity index (χ4v) is 3.36. The monoisotopic (exact) mass is 274 g/mol. The van der Waals surface area contributed by atoms with Crippen molar-refractivity contribution in [1.82, 2.24) is 10.2 Å². The Hall–Kier alpha value is -1.39. The fourth-order valence-electron chi connectivity index (χ4n) is 3.36. The predicted molar refractivity (Wildman–Crippen MR) is 77.3 cm³/mol. The minimum Gasteiger partial charge on any atom is -0.396 e. The number of fused-ring (bicyclic) bond motifs is 1. The van der Waals surface area contributed by atoms with Gasteiger partial charge in [-0.25, -0.2) is 0 Å². The molecule has 108 valence electrons. The molecule has 20 heavy (non-hydrogen) atoms. The summed E-state index contributed by atoms with van der Waals surface area (Å²) in [4.78, 5) is 14.7. The van der Waals surface area contributed by atoms with Gasteiger partial charge in [-0.1, -0.05) is 24.3 Å². The van der Waals surface area contributed by atoms with E-state index >= 15 is 0 Å². The van der Waals surface area contributed by atoms with Gasteiger partial charge in [0.15, 0.2) is 0 Å². The van der Waals surface area contributed by atoms with Gasteiger partial charge in [-0.2, -0.15) is 0 Å². The van der Waals surface area contributed by atoms with Crippen LogP contribution in [-0.4, -0.2) is 42.2 Å². The van der Waals surface area contributed by atoms with Crippen molar-refractivity contribution in [2.45, 2.75) is 25.3 Å². The Morgan fingerprint density at radius 2 is 2.25 bits per heavy atom. The Morgan fingerprint density at radius 3 is 3.10 bits per heavy atom. The zero-order valence-corrected chi connectivity index (χ0v) is 11.7. The zero-order valence-electron chi connectivity index (χ0n) is 11.7. The lowest BCUT2D eigenvalue weighted by Gasteiger charge is -2.29. The van der Waals surface area contributed by atoms with Crippen LogP contribution in [0.2, 0.25) is 0 Å². The number of aliphatic hydroxyl groups is 1. The van der Waals surface area contributed by atoms with Crippen molar-refractivity contribution >= 4 is 5.91 Å². The molecule has 2 N–H and O–H groups in total. The summed E-state index contributed by atoms with van der Waals surface area (Å²) in [6.45, 7) is 2.70. The van der Waals surface area contributed by atoms with Gasteiger partial charge in [0, 0.05) is 26.2 Å². The second-order valence-electron chi connectivity index (χ2n) is 5.79. The molecule has 1 amide bonds. The first-order valence-corrected chi connectivity index (χ1v) is 7.50. The molecule has 4 nitrogen and oxygen atoms in total. The molecule has 2 aliphatic heterocycles. The number of amides is 1. The maximum absolute atomic E-state index is 12.7. The average Bonchev–Trinajstić information content (AvgIpc) is 2.95. The van der Waals surface area contributed by atoms with E-state index in [0.717, 1.165) is 44.5 Å². The van der Waals surface area contributed by atoms with Crippen LogP contribution in [-0.2, 0) is 11.2 Å². The molecule has 0 bridgehead atoms. The number of hydrogen-bond acceptors (Lipinski definition) is 3. The van der Waals surface area contributed by atoms with E-state index in [9.17, 15) is 4.79 Å². The van der Waals surface area contributed by atoms with E-state index < -0.39 is 0 Å². The SMILES string of the molecule is O=C(C1NCCc2ccccc21)N1CCC(CCO)C1. The molecule has 0 spiro atoms. The molecule has 0 radical (unpaired) electrons. The summed E-state index contributed by atoms with van der Waals surface area (Å²) >= 11 is 0. The highest BCUT2D eigenvalue weighted by molar-refractivity contribution is 5.84. The number of likely N-dealkylation sites (tertiary alicyclic amines) is 1. The average molecular weight is 274 g/mol. The number of hydrogen-bond donors (Lipinski definition) is 2. The molecule has 0 saturated carbocycles. The number of aliphatic hydroxyl groups excluding tert-OH is 1. The van der Waals surface area contributed by atoms with E-state index in [4.69, 9.17) is 5.11 Å². The minimum absolute atomic E-state index is 0.187. The van der Waals surface area contributed by atoms with E-state index in [1.54, 1.807) is 0 Å². The van der Waals surface area contributed by atoms with E-state index in [1.165, 1.54) is 5.56 Å². The summed E-state index contributed by atoms with van der Waals surface area (Å²) in [6, 6.07) is 8.04. The molecule has 2 unspecified atom stereocenters. The number of carbonyl (C=O) groups is 1. The summed E-state index contributed by atoms with van der Waals surface area (Å²) in [5.41, 5.74) is 2.42. The van der Waals surface area contributed by atoms with Gasteiger partial charge in [0.25, 0.3) is 0 Å². The first kappa shape index (κ1) is 13.6. The smallest absolute Gasteiger partial charge is 0.244 e. The van der Waals surface area contributed by atoms with Gasteiger partial charge in [-0.05, 0) is 36.3 Å². The van der Waals surface area contributed by atoms with Gasteiger partial charge in [0.05, 0.1) is 0 Å². The number of nitrogens with zero attached hydrogens (tertiary/aromatic N) is 1.